The highest BCUT2D eigenvalue weighted by Gasteiger charge is 2.30. The molecule has 1 aromatic rings. The summed E-state index contributed by atoms with van der Waals surface area (Å²) in [6.45, 7) is 6.33. The van der Waals surface area contributed by atoms with Crippen molar-refractivity contribution in [2.75, 3.05) is 38.1 Å². The van der Waals surface area contributed by atoms with Crippen molar-refractivity contribution in [1.29, 1.82) is 0 Å². The number of ether oxygens (including phenoxy) is 1. The normalized spacial score (nSPS) is 15.5. The summed E-state index contributed by atoms with van der Waals surface area (Å²) < 4.78 is 31.6. The predicted molar refractivity (Wildman–Crippen MR) is 92.6 cm³/mol. The molecule has 1 N–H and O–H groups in total. The van der Waals surface area contributed by atoms with Gasteiger partial charge in [-0.2, -0.15) is 4.31 Å². The lowest BCUT2D eigenvalue weighted by molar-refractivity contribution is -0.111. The van der Waals surface area contributed by atoms with Crippen LogP contribution in [-0.2, 0) is 19.6 Å². The minimum Gasteiger partial charge on any atom is -0.450 e. The number of hydrogen-bond acceptors (Lipinski definition) is 5. The molecule has 2 rings (SSSR count). The van der Waals surface area contributed by atoms with Crippen LogP contribution in [0.15, 0.2) is 41.8 Å². The van der Waals surface area contributed by atoms with Crippen LogP contribution in [0.3, 0.4) is 0 Å². The first-order chi connectivity index (χ1) is 11.9. The van der Waals surface area contributed by atoms with Gasteiger partial charge >= 0.3 is 6.09 Å². The van der Waals surface area contributed by atoms with E-state index in [4.69, 9.17) is 4.74 Å². The molecule has 1 aliphatic rings. The maximum Gasteiger partial charge on any atom is 0.409 e. The van der Waals surface area contributed by atoms with Crippen LogP contribution in [0, 0.1) is 0 Å². The Kier molecular flexibility index (Phi) is 6.16. The minimum absolute atomic E-state index is 0.133. The zero-order valence-electron chi connectivity index (χ0n) is 14.0. The summed E-state index contributed by atoms with van der Waals surface area (Å²) in [7, 11) is -3.65. The summed E-state index contributed by atoms with van der Waals surface area (Å²) in [6, 6.07) is 5.91. The fourth-order valence-corrected chi connectivity index (χ4v) is 3.80. The van der Waals surface area contributed by atoms with Crippen molar-refractivity contribution in [2.24, 2.45) is 0 Å². The number of sulfonamides is 1. The Morgan fingerprint density at radius 3 is 2.32 bits per heavy atom. The first kappa shape index (κ1) is 18.9. The maximum atomic E-state index is 12.7. The van der Waals surface area contributed by atoms with Crippen molar-refractivity contribution in [2.45, 2.75) is 11.8 Å². The predicted octanol–water partition coefficient (Wildman–Crippen LogP) is 1.27. The quantitative estimate of drug-likeness (QED) is 0.791. The average molecular weight is 367 g/mol. The van der Waals surface area contributed by atoms with E-state index in [0.29, 0.717) is 5.69 Å². The van der Waals surface area contributed by atoms with Crippen LogP contribution in [0.4, 0.5) is 10.5 Å². The number of carbonyl (C=O) groups is 2. The van der Waals surface area contributed by atoms with Gasteiger partial charge in [0.2, 0.25) is 15.9 Å². The number of carbonyl (C=O) groups excluding carboxylic acids is 2. The summed E-state index contributed by atoms with van der Waals surface area (Å²) >= 11 is 0. The zero-order valence-corrected chi connectivity index (χ0v) is 14.8. The fourth-order valence-electron chi connectivity index (χ4n) is 2.38. The number of nitrogens with zero attached hydrogens (tertiary/aromatic N) is 2. The van der Waals surface area contributed by atoms with Gasteiger partial charge in [-0.3, -0.25) is 4.79 Å². The molecule has 0 atom stereocenters. The average Bonchev–Trinajstić information content (AvgIpc) is 2.62. The van der Waals surface area contributed by atoms with E-state index in [9.17, 15) is 18.0 Å². The van der Waals surface area contributed by atoms with Gasteiger partial charge in [-0.15, -0.1) is 0 Å². The van der Waals surface area contributed by atoms with Gasteiger partial charge in [0.15, 0.2) is 0 Å². The Labute approximate surface area is 147 Å². The van der Waals surface area contributed by atoms with Crippen molar-refractivity contribution in [3.63, 3.8) is 0 Å². The molecule has 0 spiro atoms. The minimum atomic E-state index is -3.65. The van der Waals surface area contributed by atoms with Crippen LogP contribution >= 0.6 is 0 Å². The van der Waals surface area contributed by atoms with E-state index in [2.05, 4.69) is 11.9 Å². The first-order valence-corrected chi connectivity index (χ1v) is 9.28. The molecule has 25 heavy (non-hydrogen) atoms. The lowest BCUT2D eigenvalue weighted by Crippen LogP contribution is -2.50. The standard InChI is InChI=1S/C16H21N3O5S/c1-3-15(20)17-13-5-7-14(8-6-13)25(22,23)19-11-9-18(10-12-19)16(21)24-4-2/h3,5-8H,1,4,9-12H2,2H3,(H,17,20). The molecule has 1 fully saturated rings. The van der Waals surface area contributed by atoms with Crippen LogP contribution in [-0.4, -0.2) is 62.4 Å². The Hall–Kier alpha value is -2.39. The number of nitrogens with one attached hydrogen (secondary N) is 1. The molecular weight excluding hydrogens is 346 g/mol. The fraction of sp³-hybridized carbons (Fsp3) is 0.375. The van der Waals surface area contributed by atoms with Crippen molar-refractivity contribution >= 4 is 27.7 Å². The van der Waals surface area contributed by atoms with Crippen LogP contribution in [0.25, 0.3) is 0 Å². The largest absolute Gasteiger partial charge is 0.450 e. The summed E-state index contributed by atoms with van der Waals surface area (Å²) in [5.74, 6) is -0.370. The smallest absolute Gasteiger partial charge is 0.409 e. The van der Waals surface area contributed by atoms with E-state index in [1.54, 1.807) is 6.92 Å². The van der Waals surface area contributed by atoms with Crippen molar-refractivity contribution in [3.8, 4) is 0 Å². The van der Waals surface area contributed by atoms with Gasteiger partial charge < -0.3 is 15.0 Å². The Bertz CT molecular complexity index is 738. The number of piperazine rings is 1. The van der Waals surface area contributed by atoms with E-state index in [0.717, 1.165) is 6.08 Å². The number of benzene rings is 1. The van der Waals surface area contributed by atoms with Crippen LogP contribution in [0.1, 0.15) is 6.92 Å². The maximum absolute atomic E-state index is 12.7. The highest BCUT2D eigenvalue weighted by Crippen LogP contribution is 2.20. The summed E-state index contributed by atoms with van der Waals surface area (Å²) in [6.07, 6.45) is 0.704. The van der Waals surface area contributed by atoms with Gasteiger partial charge in [0.05, 0.1) is 11.5 Å². The molecule has 0 unspecified atom stereocenters. The summed E-state index contributed by atoms with van der Waals surface area (Å²) in [4.78, 5) is 24.5. The molecule has 0 aliphatic carbocycles. The van der Waals surface area contributed by atoms with E-state index in [1.807, 2.05) is 0 Å². The molecule has 1 saturated heterocycles. The van der Waals surface area contributed by atoms with Crippen LogP contribution < -0.4 is 5.32 Å². The third kappa shape index (κ3) is 4.58. The summed E-state index contributed by atoms with van der Waals surface area (Å²) in [5, 5.41) is 2.56. The van der Waals surface area contributed by atoms with Gasteiger partial charge in [0.25, 0.3) is 0 Å². The highest BCUT2D eigenvalue weighted by atomic mass is 32.2. The molecule has 0 radical (unpaired) electrons. The topological polar surface area (TPSA) is 96.0 Å². The third-order valence-corrected chi connectivity index (χ3v) is 5.62. The lowest BCUT2D eigenvalue weighted by Gasteiger charge is -2.33. The summed E-state index contributed by atoms with van der Waals surface area (Å²) in [5.41, 5.74) is 0.482. The van der Waals surface area contributed by atoms with Gasteiger partial charge in [0.1, 0.15) is 0 Å². The lowest BCUT2D eigenvalue weighted by atomic mass is 10.3. The molecule has 0 aromatic heterocycles. The molecule has 136 valence electrons. The molecule has 1 aromatic carbocycles. The molecule has 0 bridgehead atoms. The molecule has 1 heterocycles. The monoisotopic (exact) mass is 367 g/mol. The van der Waals surface area contributed by atoms with Crippen LogP contribution in [0.2, 0.25) is 0 Å². The first-order valence-electron chi connectivity index (χ1n) is 7.83. The molecule has 8 nitrogen and oxygen atoms in total. The molecular formula is C16H21N3O5S. The van der Waals surface area contributed by atoms with Gasteiger partial charge in [0, 0.05) is 31.9 Å². The second-order valence-electron chi connectivity index (χ2n) is 5.31. The second kappa shape index (κ2) is 8.13. The molecule has 2 amide bonds. The van der Waals surface area contributed by atoms with Gasteiger partial charge in [-0.05, 0) is 37.3 Å². The van der Waals surface area contributed by atoms with E-state index < -0.39 is 16.1 Å². The number of rotatable bonds is 5. The van der Waals surface area contributed by atoms with E-state index in [1.165, 1.54) is 33.5 Å². The Morgan fingerprint density at radius 2 is 1.80 bits per heavy atom. The third-order valence-electron chi connectivity index (χ3n) is 3.71. The molecule has 1 aliphatic heterocycles. The molecule has 0 saturated carbocycles. The second-order valence-corrected chi connectivity index (χ2v) is 7.25. The SMILES string of the molecule is C=CC(=O)Nc1ccc(S(=O)(=O)N2CCN(C(=O)OCC)CC2)cc1. The van der Waals surface area contributed by atoms with Gasteiger partial charge in [-0.25, -0.2) is 13.2 Å². The molecule has 9 heteroatoms. The van der Waals surface area contributed by atoms with Crippen LogP contribution in [0.5, 0.6) is 0 Å². The van der Waals surface area contributed by atoms with E-state index in [-0.39, 0.29) is 43.6 Å². The van der Waals surface area contributed by atoms with Gasteiger partial charge in [-0.1, -0.05) is 6.58 Å². The Morgan fingerprint density at radius 1 is 1.20 bits per heavy atom. The van der Waals surface area contributed by atoms with E-state index >= 15 is 0 Å². The van der Waals surface area contributed by atoms with Crippen molar-refractivity contribution < 1.29 is 22.7 Å². The number of anilines is 1. The number of hydrogen-bond donors (Lipinski definition) is 1. The highest BCUT2D eigenvalue weighted by molar-refractivity contribution is 7.89. The zero-order chi connectivity index (χ0) is 18.4. The van der Waals surface area contributed by atoms with Crippen molar-refractivity contribution in [3.05, 3.63) is 36.9 Å². The Balaban J connectivity index is 2.03. The van der Waals surface area contributed by atoms with Crippen molar-refractivity contribution in [1.82, 2.24) is 9.21 Å². The number of amides is 2.